The summed E-state index contributed by atoms with van der Waals surface area (Å²) in [6, 6.07) is 0. The van der Waals surface area contributed by atoms with Crippen molar-refractivity contribution in [1.29, 1.82) is 0 Å². The standard InChI is InChI=1S/C10H15NO3S2/c1-7(12)9-6-11-10(15-9)8-2-4-16(13,14)5-3-8/h6-8,12H,2-5H2,1H3. The normalized spacial score (nSPS) is 23.1. The molecule has 6 heteroatoms. The maximum atomic E-state index is 11.3. The lowest BCUT2D eigenvalue weighted by atomic mass is 10.0. The van der Waals surface area contributed by atoms with Crippen molar-refractivity contribution in [2.75, 3.05) is 11.5 Å². The van der Waals surface area contributed by atoms with Crippen molar-refractivity contribution in [2.24, 2.45) is 0 Å². The molecule has 1 aromatic heterocycles. The van der Waals surface area contributed by atoms with Crippen molar-refractivity contribution in [1.82, 2.24) is 4.98 Å². The lowest BCUT2D eigenvalue weighted by molar-refractivity contribution is 0.203. The number of aliphatic hydroxyl groups is 1. The lowest BCUT2D eigenvalue weighted by Crippen LogP contribution is -2.21. The first kappa shape index (κ1) is 12.0. The van der Waals surface area contributed by atoms with Crippen molar-refractivity contribution in [3.63, 3.8) is 0 Å². The molecular formula is C10H15NO3S2. The summed E-state index contributed by atoms with van der Waals surface area (Å²) in [6.07, 6.45) is 2.52. The van der Waals surface area contributed by atoms with Crippen LogP contribution in [0.5, 0.6) is 0 Å². The summed E-state index contributed by atoms with van der Waals surface area (Å²) in [6.45, 7) is 1.71. The van der Waals surface area contributed by atoms with E-state index in [9.17, 15) is 13.5 Å². The average molecular weight is 261 g/mol. The fourth-order valence-electron chi connectivity index (χ4n) is 1.82. The van der Waals surface area contributed by atoms with Gasteiger partial charge in [-0.2, -0.15) is 0 Å². The quantitative estimate of drug-likeness (QED) is 0.876. The number of hydrogen-bond donors (Lipinski definition) is 1. The molecule has 1 unspecified atom stereocenters. The maximum Gasteiger partial charge on any atom is 0.150 e. The molecule has 4 nitrogen and oxygen atoms in total. The molecule has 90 valence electrons. The second kappa shape index (κ2) is 4.43. The van der Waals surface area contributed by atoms with Crippen LogP contribution in [0.4, 0.5) is 0 Å². The average Bonchev–Trinajstić information content (AvgIpc) is 2.66. The highest BCUT2D eigenvalue weighted by molar-refractivity contribution is 7.91. The third-order valence-electron chi connectivity index (χ3n) is 2.86. The fraction of sp³-hybridized carbons (Fsp3) is 0.700. The topological polar surface area (TPSA) is 67.3 Å². The van der Waals surface area contributed by atoms with Crippen LogP contribution in [0.2, 0.25) is 0 Å². The van der Waals surface area contributed by atoms with Gasteiger partial charge in [0.15, 0.2) is 0 Å². The van der Waals surface area contributed by atoms with Gasteiger partial charge in [-0.1, -0.05) is 0 Å². The van der Waals surface area contributed by atoms with Crippen LogP contribution in [-0.4, -0.2) is 30.0 Å². The second-order valence-electron chi connectivity index (χ2n) is 4.20. The highest BCUT2D eigenvalue weighted by atomic mass is 32.2. The molecule has 0 aromatic carbocycles. The fourth-order valence-corrected chi connectivity index (χ4v) is 4.34. The number of aliphatic hydroxyl groups excluding tert-OH is 1. The zero-order chi connectivity index (χ0) is 11.8. The molecule has 1 atom stereocenters. The van der Waals surface area contributed by atoms with Gasteiger partial charge >= 0.3 is 0 Å². The first-order valence-corrected chi connectivity index (χ1v) is 7.96. The Bertz CT molecular complexity index is 450. The first-order valence-electron chi connectivity index (χ1n) is 5.32. The smallest absolute Gasteiger partial charge is 0.150 e. The van der Waals surface area contributed by atoms with Gasteiger partial charge in [-0.05, 0) is 19.8 Å². The van der Waals surface area contributed by atoms with Crippen LogP contribution in [-0.2, 0) is 9.84 Å². The van der Waals surface area contributed by atoms with E-state index in [0.29, 0.717) is 12.8 Å². The van der Waals surface area contributed by atoms with E-state index in [1.54, 1.807) is 13.1 Å². The van der Waals surface area contributed by atoms with Crippen molar-refractivity contribution in [3.8, 4) is 0 Å². The maximum absolute atomic E-state index is 11.3. The molecule has 1 aliphatic rings. The number of thiazole rings is 1. The minimum atomic E-state index is -2.81. The molecule has 0 saturated carbocycles. The summed E-state index contributed by atoms with van der Waals surface area (Å²) < 4.78 is 22.6. The molecule has 2 heterocycles. The summed E-state index contributed by atoms with van der Waals surface area (Å²) in [7, 11) is -2.81. The van der Waals surface area contributed by atoms with Gasteiger partial charge in [-0.25, -0.2) is 13.4 Å². The Balaban J connectivity index is 2.08. The van der Waals surface area contributed by atoms with E-state index in [-0.39, 0.29) is 17.4 Å². The monoisotopic (exact) mass is 261 g/mol. The number of hydrogen-bond acceptors (Lipinski definition) is 5. The van der Waals surface area contributed by atoms with Crippen LogP contribution in [0.15, 0.2) is 6.20 Å². The van der Waals surface area contributed by atoms with Gasteiger partial charge in [0, 0.05) is 12.1 Å². The van der Waals surface area contributed by atoms with Crippen LogP contribution in [0, 0.1) is 0 Å². The number of rotatable bonds is 2. The molecule has 0 radical (unpaired) electrons. The summed E-state index contributed by atoms with van der Waals surface area (Å²) >= 11 is 1.49. The van der Waals surface area contributed by atoms with Crippen molar-refractivity contribution in [3.05, 3.63) is 16.1 Å². The van der Waals surface area contributed by atoms with Crippen LogP contribution in [0.25, 0.3) is 0 Å². The summed E-state index contributed by atoms with van der Waals surface area (Å²) in [5.41, 5.74) is 0. The highest BCUT2D eigenvalue weighted by Gasteiger charge is 2.26. The zero-order valence-electron chi connectivity index (χ0n) is 9.09. The van der Waals surface area contributed by atoms with E-state index in [0.717, 1.165) is 9.88 Å². The largest absolute Gasteiger partial charge is 0.388 e. The lowest BCUT2D eigenvalue weighted by Gasteiger charge is -2.19. The molecular weight excluding hydrogens is 246 g/mol. The molecule has 1 N–H and O–H groups in total. The third kappa shape index (κ3) is 2.61. The first-order chi connectivity index (χ1) is 7.48. The SMILES string of the molecule is CC(O)c1cnc(C2CCS(=O)(=O)CC2)s1. The van der Waals surface area contributed by atoms with Gasteiger partial charge in [0.05, 0.1) is 27.5 Å². The zero-order valence-corrected chi connectivity index (χ0v) is 10.7. The molecule has 0 spiro atoms. The molecule has 1 fully saturated rings. The Morgan fingerprint density at radius 2 is 2.12 bits per heavy atom. The minimum Gasteiger partial charge on any atom is -0.388 e. The van der Waals surface area contributed by atoms with Crippen LogP contribution < -0.4 is 0 Å². The number of nitrogens with zero attached hydrogens (tertiary/aromatic N) is 1. The molecule has 1 saturated heterocycles. The van der Waals surface area contributed by atoms with E-state index in [1.165, 1.54) is 11.3 Å². The predicted molar refractivity (Wildman–Crippen MR) is 63.4 cm³/mol. The third-order valence-corrected chi connectivity index (χ3v) is 5.90. The minimum absolute atomic E-state index is 0.251. The molecule has 16 heavy (non-hydrogen) atoms. The Morgan fingerprint density at radius 1 is 1.50 bits per heavy atom. The molecule has 1 aromatic rings. The molecule has 0 bridgehead atoms. The Hall–Kier alpha value is -0.460. The van der Waals surface area contributed by atoms with Gasteiger partial charge in [0.1, 0.15) is 9.84 Å². The number of sulfone groups is 1. The van der Waals surface area contributed by atoms with Gasteiger partial charge in [-0.15, -0.1) is 11.3 Å². The van der Waals surface area contributed by atoms with E-state index >= 15 is 0 Å². The van der Waals surface area contributed by atoms with Gasteiger partial charge in [0.25, 0.3) is 0 Å². The second-order valence-corrected chi connectivity index (χ2v) is 7.60. The Labute approximate surface area is 99.3 Å². The van der Waals surface area contributed by atoms with E-state index in [2.05, 4.69) is 4.98 Å². The summed E-state index contributed by atoms with van der Waals surface area (Å²) in [5.74, 6) is 0.781. The van der Waals surface area contributed by atoms with Crippen LogP contribution >= 0.6 is 11.3 Å². The van der Waals surface area contributed by atoms with Crippen molar-refractivity contribution in [2.45, 2.75) is 31.8 Å². The van der Waals surface area contributed by atoms with Gasteiger partial charge in [0.2, 0.25) is 0 Å². The molecule has 2 rings (SSSR count). The molecule has 1 aliphatic heterocycles. The van der Waals surface area contributed by atoms with Crippen LogP contribution in [0.1, 0.15) is 41.7 Å². The van der Waals surface area contributed by atoms with E-state index < -0.39 is 15.9 Å². The summed E-state index contributed by atoms with van der Waals surface area (Å²) in [4.78, 5) is 5.12. The molecule has 0 amide bonds. The predicted octanol–water partition coefficient (Wildman–Crippen LogP) is 1.49. The highest BCUT2D eigenvalue weighted by Crippen LogP contribution is 2.33. The Morgan fingerprint density at radius 3 is 2.62 bits per heavy atom. The number of aromatic nitrogens is 1. The van der Waals surface area contributed by atoms with Crippen molar-refractivity contribution < 1.29 is 13.5 Å². The van der Waals surface area contributed by atoms with Gasteiger partial charge < -0.3 is 5.11 Å². The molecule has 0 aliphatic carbocycles. The Kier molecular flexibility index (Phi) is 3.32. The van der Waals surface area contributed by atoms with Crippen LogP contribution in [0.3, 0.4) is 0 Å². The van der Waals surface area contributed by atoms with Gasteiger partial charge in [-0.3, -0.25) is 0 Å². The van der Waals surface area contributed by atoms with E-state index in [1.807, 2.05) is 0 Å². The van der Waals surface area contributed by atoms with E-state index in [4.69, 9.17) is 0 Å². The van der Waals surface area contributed by atoms with Crippen molar-refractivity contribution >= 4 is 21.2 Å². The summed E-state index contributed by atoms with van der Waals surface area (Å²) in [5, 5.41) is 10.4.